The summed E-state index contributed by atoms with van der Waals surface area (Å²) >= 11 is 5.85. The van der Waals surface area contributed by atoms with Crippen LogP contribution in [0, 0.1) is 5.82 Å². The molecule has 3 N–H and O–H groups in total. The van der Waals surface area contributed by atoms with Gasteiger partial charge in [-0.2, -0.15) is 0 Å². The van der Waals surface area contributed by atoms with E-state index in [4.69, 9.17) is 21.4 Å². The summed E-state index contributed by atoms with van der Waals surface area (Å²) < 4.78 is 21.4. The normalized spacial score (nSPS) is 11.1. The third kappa shape index (κ3) is 4.30. The quantitative estimate of drug-likeness (QED) is 0.501. The Morgan fingerprint density at radius 3 is 2.60 bits per heavy atom. The van der Waals surface area contributed by atoms with Crippen LogP contribution in [-0.4, -0.2) is 45.7 Å². The Kier molecular flexibility index (Phi) is 6.71. The van der Waals surface area contributed by atoms with E-state index in [2.05, 4.69) is 0 Å². The number of fused-ring (bicyclic) bond motifs is 1. The molecule has 3 aromatic rings. The third-order valence-corrected chi connectivity index (χ3v) is 4.89. The van der Waals surface area contributed by atoms with Crippen LogP contribution in [0.1, 0.15) is 21.5 Å². The molecular weight excluding hydrogens is 417 g/mol. The van der Waals surface area contributed by atoms with E-state index in [1.807, 2.05) is 0 Å². The van der Waals surface area contributed by atoms with Gasteiger partial charge in [0.25, 0.3) is 0 Å². The first-order valence-electron chi connectivity index (χ1n) is 9.08. The molecule has 0 bridgehead atoms. The molecule has 9 heteroatoms. The van der Waals surface area contributed by atoms with Crippen LogP contribution in [0.4, 0.5) is 4.39 Å². The van der Waals surface area contributed by atoms with Crippen molar-refractivity contribution in [2.75, 3.05) is 19.8 Å². The van der Waals surface area contributed by atoms with Gasteiger partial charge in [0.2, 0.25) is 5.43 Å². The van der Waals surface area contributed by atoms with Gasteiger partial charge in [-0.25, -0.2) is 9.18 Å². The first kappa shape index (κ1) is 21.8. The molecule has 1 aromatic heterocycles. The number of aromatic carboxylic acids is 1. The molecule has 0 spiro atoms. The van der Waals surface area contributed by atoms with Crippen molar-refractivity contribution in [2.24, 2.45) is 0 Å². The van der Waals surface area contributed by atoms with Crippen LogP contribution in [0.3, 0.4) is 0 Å². The summed E-state index contributed by atoms with van der Waals surface area (Å²) in [5.74, 6) is -1.70. The number of pyridine rings is 1. The molecule has 0 saturated heterocycles. The maximum Gasteiger partial charge on any atom is 0.341 e. The molecule has 2 aromatic carbocycles. The fourth-order valence-electron chi connectivity index (χ4n) is 3.23. The van der Waals surface area contributed by atoms with Gasteiger partial charge >= 0.3 is 5.97 Å². The number of carbonyl (C=O) groups is 1. The molecule has 0 aliphatic heterocycles. The number of carboxylic acids is 1. The number of hydrogen-bond acceptors (Lipinski definition) is 5. The number of carboxylic acid groups (broad SMARTS) is 1. The van der Waals surface area contributed by atoms with Gasteiger partial charge in [-0.3, -0.25) is 4.79 Å². The topological polar surface area (TPSA) is 109 Å². The summed E-state index contributed by atoms with van der Waals surface area (Å²) in [7, 11) is 0. The van der Waals surface area contributed by atoms with Crippen LogP contribution >= 0.6 is 11.6 Å². The van der Waals surface area contributed by atoms with Gasteiger partial charge in [-0.05, 0) is 23.3 Å². The second-order valence-corrected chi connectivity index (χ2v) is 6.94. The summed E-state index contributed by atoms with van der Waals surface area (Å²) in [6, 6.07) is 7.51. The molecular formula is C21H19ClFNO6. The van der Waals surface area contributed by atoms with Crippen molar-refractivity contribution in [2.45, 2.75) is 13.0 Å². The summed E-state index contributed by atoms with van der Waals surface area (Å²) in [5.41, 5.74) is -0.108. The lowest BCUT2D eigenvalue weighted by Crippen LogP contribution is -2.20. The van der Waals surface area contributed by atoms with Gasteiger partial charge in [-0.15, -0.1) is 0 Å². The van der Waals surface area contributed by atoms with Crippen molar-refractivity contribution in [3.8, 4) is 5.75 Å². The van der Waals surface area contributed by atoms with Crippen molar-refractivity contribution in [1.82, 2.24) is 4.57 Å². The molecule has 1 heterocycles. The van der Waals surface area contributed by atoms with Crippen molar-refractivity contribution in [3.63, 3.8) is 0 Å². The Bertz CT molecular complexity index is 1160. The van der Waals surface area contributed by atoms with Gasteiger partial charge in [0.15, 0.2) is 0 Å². The number of aliphatic hydroxyl groups is 2. The summed E-state index contributed by atoms with van der Waals surface area (Å²) in [6.45, 7) is -0.517. The molecule has 0 unspecified atom stereocenters. The van der Waals surface area contributed by atoms with E-state index in [1.54, 1.807) is 12.1 Å². The van der Waals surface area contributed by atoms with Crippen LogP contribution in [-0.2, 0) is 13.0 Å². The highest BCUT2D eigenvalue weighted by Crippen LogP contribution is 2.29. The summed E-state index contributed by atoms with van der Waals surface area (Å²) in [4.78, 5) is 24.2. The van der Waals surface area contributed by atoms with E-state index in [0.717, 1.165) is 6.20 Å². The Balaban J connectivity index is 2.26. The fourth-order valence-corrected chi connectivity index (χ4v) is 3.42. The second kappa shape index (κ2) is 9.25. The van der Waals surface area contributed by atoms with Gasteiger partial charge in [0, 0.05) is 30.6 Å². The van der Waals surface area contributed by atoms with Crippen LogP contribution in [0.2, 0.25) is 5.02 Å². The van der Waals surface area contributed by atoms with Gasteiger partial charge in [0.1, 0.15) is 23.7 Å². The fraction of sp³-hybridized carbons (Fsp3) is 0.238. The zero-order valence-electron chi connectivity index (χ0n) is 15.8. The molecule has 0 amide bonds. The number of rotatable bonds is 8. The second-order valence-electron chi connectivity index (χ2n) is 6.53. The first-order chi connectivity index (χ1) is 14.4. The Morgan fingerprint density at radius 1 is 1.17 bits per heavy atom. The van der Waals surface area contributed by atoms with Crippen molar-refractivity contribution in [3.05, 3.63) is 74.3 Å². The third-order valence-electron chi connectivity index (χ3n) is 4.60. The minimum absolute atomic E-state index is 0.0276. The highest BCUT2D eigenvalue weighted by atomic mass is 35.5. The lowest BCUT2D eigenvalue weighted by atomic mass is 10.00. The van der Waals surface area contributed by atoms with Crippen molar-refractivity contribution >= 4 is 28.5 Å². The Labute approximate surface area is 175 Å². The molecule has 0 aliphatic rings. The number of nitrogens with zero attached hydrogens (tertiary/aromatic N) is 1. The van der Waals surface area contributed by atoms with Gasteiger partial charge < -0.3 is 24.6 Å². The minimum atomic E-state index is -1.39. The molecule has 30 heavy (non-hydrogen) atoms. The lowest BCUT2D eigenvalue weighted by Gasteiger charge is -2.16. The van der Waals surface area contributed by atoms with Gasteiger partial charge in [-0.1, -0.05) is 23.7 Å². The maximum atomic E-state index is 14.4. The monoisotopic (exact) mass is 435 g/mol. The first-order valence-corrected chi connectivity index (χ1v) is 9.46. The van der Waals surface area contributed by atoms with E-state index in [0.29, 0.717) is 16.8 Å². The number of benzene rings is 2. The summed E-state index contributed by atoms with van der Waals surface area (Å²) in [5, 5.41) is 27.9. The van der Waals surface area contributed by atoms with E-state index >= 15 is 0 Å². The highest BCUT2D eigenvalue weighted by Gasteiger charge is 2.18. The van der Waals surface area contributed by atoms with E-state index in [9.17, 15) is 24.2 Å². The van der Waals surface area contributed by atoms with E-state index < -0.39 is 22.8 Å². The number of aliphatic hydroxyl groups excluding tert-OH is 2. The van der Waals surface area contributed by atoms with Crippen LogP contribution in [0.25, 0.3) is 10.9 Å². The lowest BCUT2D eigenvalue weighted by molar-refractivity contribution is 0.0694. The van der Waals surface area contributed by atoms with Gasteiger partial charge in [0.05, 0.1) is 23.8 Å². The molecule has 0 fully saturated rings. The Morgan fingerprint density at radius 2 is 1.93 bits per heavy atom. The number of hydrogen-bond donors (Lipinski definition) is 3. The largest absolute Gasteiger partial charge is 0.491 e. The number of halogens is 2. The summed E-state index contributed by atoms with van der Waals surface area (Å²) in [6.07, 6.45) is 1.19. The standard InChI is InChI=1S/C21H19ClFNO6/c22-16-3-1-2-12(19(16)23)8-13-9-14-17(10-18(13)30-7-6-26)24(4-5-25)11-15(20(14)27)21(28)29/h1-3,9-11,25-26H,4-8H2,(H,28,29). The predicted octanol–water partition coefficient (Wildman–Crippen LogP) is 2.45. The van der Waals surface area contributed by atoms with Crippen LogP contribution in [0.15, 0.2) is 41.3 Å². The van der Waals surface area contributed by atoms with E-state index in [-0.39, 0.29) is 48.8 Å². The molecule has 7 nitrogen and oxygen atoms in total. The zero-order chi connectivity index (χ0) is 21.8. The molecule has 0 saturated carbocycles. The zero-order valence-corrected chi connectivity index (χ0v) is 16.5. The van der Waals surface area contributed by atoms with E-state index in [1.165, 1.54) is 22.8 Å². The average Bonchev–Trinajstić information content (AvgIpc) is 2.72. The molecule has 0 aliphatic carbocycles. The Hall–Kier alpha value is -2.94. The van der Waals surface area contributed by atoms with Crippen molar-refractivity contribution in [1.29, 1.82) is 0 Å². The molecule has 0 radical (unpaired) electrons. The maximum absolute atomic E-state index is 14.4. The van der Waals surface area contributed by atoms with Crippen LogP contribution < -0.4 is 10.2 Å². The predicted molar refractivity (Wildman–Crippen MR) is 109 cm³/mol. The molecule has 3 rings (SSSR count). The average molecular weight is 436 g/mol. The number of ether oxygens (including phenoxy) is 1. The molecule has 0 atom stereocenters. The van der Waals surface area contributed by atoms with Crippen molar-refractivity contribution < 1.29 is 29.2 Å². The minimum Gasteiger partial charge on any atom is -0.491 e. The smallest absolute Gasteiger partial charge is 0.341 e. The number of aromatic nitrogens is 1. The highest BCUT2D eigenvalue weighted by molar-refractivity contribution is 6.30. The SMILES string of the molecule is O=C(O)c1cn(CCO)c2cc(OCCO)c(Cc3cccc(Cl)c3F)cc2c1=O. The van der Waals surface area contributed by atoms with Crippen LogP contribution in [0.5, 0.6) is 5.75 Å². The molecule has 158 valence electrons.